The van der Waals surface area contributed by atoms with Gasteiger partial charge in [-0.05, 0) is 0 Å². The van der Waals surface area contributed by atoms with E-state index in [4.69, 9.17) is 0 Å². The Kier molecular flexibility index (Phi) is 82.7. The smallest absolute Gasteiger partial charge is 0.0564 e. The molecule has 0 atom stereocenters. The summed E-state index contributed by atoms with van der Waals surface area (Å²) in [4.78, 5) is 0. The van der Waals surface area contributed by atoms with E-state index in [9.17, 15) is 0 Å². The molecule has 0 spiro atoms. The van der Waals surface area contributed by atoms with E-state index < -0.39 is 0 Å². The van der Waals surface area contributed by atoms with Crippen LogP contribution in [0.2, 0.25) is 0 Å². The van der Waals surface area contributed by atoms with Crippen molar-refractivity contribution in [3.8, 4) is 0 Å². The molecule has 0 saturated heterocycles. The van der Waals surface area contributed by atoms with Gasteiger partial charge in [0.1, 0.15) is 0 Å². The summed E-state index contributed by atoms with van der Waals surface area (Å²) in [6.45, 7) is 14.6. The second kappa shape index (κ2) is 46.8. The van der Waals surface area contributed by atoms with E-state index >= 15 is 0 Å². The third-order valence-corrected chi connectivity index (χ3v) is 0.500. The molecule has 0 N–H and O–H groups in total. The molecule has 0 fully saturated rings. The van der Waals surface area contributed by atoms with E-state index in [0.717, 1.165) is 0 Å². The summed E-state index contributed by atoms with van der Waals surface area (Å²) in [5.74, 6) is 0. The van der Waals surface area contributed by atoms with Crippen LogP contribution >= 0.6 is 0 Å². The Bertz CT molecular complexity index is 14.0. The van der Waals surface area contributed by atoms with E-state index in [1.807, 2.05) is 0 Å². The molecule has 0 aliphatic heterocycles. The molecule has 0 saturated carbocycles. The van der Waals surface area contributed by atoms with Gasteiger partial charge in [-0.25, -0.2) is 0 Å². The van der Waals surface area contributed by atoms with E-state index in [-0.39, 0.29) is 0 Å². The molecule has 0 aromatic heterocycles. The fourth-order valence-electron chi connectivity index (χ4n) is 0. The van der Waals surface area contributed by atoms with Crippen molar-refractivity contribution in [2.45, 2.75) is 47.0 Å². The van der Waals surface area contributed by atoms with Gasteiger partial charge in [-0.15, -0.1) is 13.2 Å². The zero-order chi connectivity index (χ0) is 8.12. The van der Waals surface area contributed by atoms with Crippen LogP contribution in [-0.4, -0.2) is 0 Å². The second-order valence-corrected chi connectivity index (χ2v) is 1.71. The standard InChI is InChI=1S/C4H10.C3H8.C2H4/c1-3-4-2;1-3-2;1-2/h3-4H2,1-2H3;3H2,1-2H3;1-2H2. The quantitative estimate of drug-likeness (QED) is 0.470. The normalized spacial score (nSPS) is 5.78. The molecule has 0 amide bonds. The summed E-state index contributed by atoms with van der Waals surface area (Å²) < 4.78 is 0. The Labute approximate surface area is 61.0 Å². The third kappa shape index (κ3) is 466. The summed E-state index contributed by atoms with van der Waals surface area (Å²) in [6, 6.07) is 0. The minimum absolute atomic E-state index is 1.25. The van der Waals surface area contributed by atoms with Crippen LogP contribution in [0.15, 0.2) is 13.2 Å². The maximum Gasteiger partial charge on any atom is -0.0564 e. The molecular weight excluding hydrogens is 108 g/mol. The summed E-state index contributed by atoms with van der Waals surface area (Å²) in [6.07, 6.45) is 3.89. The third-order valence-electron chi connectivity index (χ3n) is 0.500. The molecule has 0 nitrogen and oxygen atoms in total. The first kappa shape index (κ1) is 15.9. The maximum atomic E-state index is 3.00. The lowest BCUT2D eigenvalue weighted by Crippen LogP contribution is -1.47. The van der Waals surface area contributed by atoms with Crippen LogP contribution in [0.5, 0.6) is 0 Å². The molecule has 0 aromatic rings. The van der Waals surface area contributed by atoms with Gasteiger partial charge in [0, 0.05) is 0 Å². The van der Waals surface area contributed by atoms with Crippen molar-refractivity contribution in [1.82, 2.24) is 0 Å². The topological polar surface area (TPSA) is 0 Å². The summed E-state index contributed by atoms with van der Waals surface area (Å²) in [5, 5.41) is 0. The van der Waals surface area contributed by atoms with Gasteiger partial charge >= 0.3 is 0 Å². The molecule has 0 heteroatoms. The maximum absolute atomic E-state index is 3.00. The van der Waals surface area contributed by atoms with E-state index in [1.165, 1.54) is 19.3 Å². The highest BCUT2D eigenvalue weighted by molar-refractivity contribution is 4.22. The molecule has 0 bridgehead atoms. The van der Waals surface area contributed by atoms with Crippen molar-refractivity contribution in [1.29, 1.82) is 0 Å². The van der Waals surface area contributed by atoms with Crippen molar-refractivity contribution < 1.29 is 0 Å². The minimum Gasteiger partial charge on any atom is -0.106 e. The molecule has 0 aliphatic rings. The average molecular weight is 130 g/mol. The van der Waals surface area contributed by atoms with Crippen molar-refractivity contribution in [3.63, 3.8) is 0 Å². The fraction of sp³-hybridized carbons (Fsp3) is 0.778. The molecule has 0 radical (unpaired) electrons. The number of rotatable bonds is 1. The zero-order valence-corrected chi connectivity index (χ0v) is 7.54. The van der Waals surface area contributed by atoms with Gasteiger partial charge in [-0.2, -0.15) is 0 Å². The lowest BCUT2D eigenvalue weighted by molar-refractivity contribution is 0.886. The molecule has 0 rings (SSSR count). The lowest BCUT2D eigenvalue weighted by atomic mass is 10.4. The summed E-state index contributed by atoms with van der Waals surface area (Å²) in [5.41, 5.74) is 0. The highest BCUT2D eigenvalue weighted by Gasteiger charge is 1.56. The van der Waals surface area contributed by atoms with Crippen LogP contribution in [-0.2, 0) is 0 Å². The van der Waals surface area contributed by atoms with Gasteiger partial charge in [0.05, 0.1) is 0 Å². The van der Waals surface area contributed by atoms with Crippen LogP contribution in [0.25, 0.3) is 0 Å². The van der Waals surface area contributed by atoms with Gasteiger partial charge in [-0.1, -0.05) is 47.0 Å². The largest absolute Gasteiger partial charge is 0.106 e. The van der Waals surface area contributed by atoms with Crippen molar-refractivity contribution in [2.24, 2.45) is 0 Å². The molecule has 58 valence electrons. The Morgan fingerprint density at radius 3 is 0.889 bits per heavy atom. The van der Waals surface area contributed by atoms with Crippen LogP contribution in [0.1, 0.15) is 47.0 Å². The molecule has 0 aliphatic carbocycles. The van der Waals surface area contributed by atoms with E-state index in [1.54, 1.807) is 0 Å². The van der Waals surface area contributed by atoms with Gasteiger partial charge in [0.25, 0.3) is 0 Å². The Morgan fingerprint density at radius 2 is 0.889 bits per heavy atom. The number of unbranched alkanes of at least 4 members (excludes halogenated alkanes) is 1. The minimum atomic E-state index is 1.25. The van der Waals surface area contributed by atoms with Gasteiger partial charge in [-0.3, -0.25) is 0 Å². The first-order chi connectivity index (χ1) is 4.33. The van der Waals surface area contributed by atoms with Crippen LogP contribution in [0.4, 0.5) is 0 Å². The van der Waals surface area contributed by atoms with Crippen LogP contribution < -0.4 is 0 Å². The Balaban J connectivity index is -0.0000000646. The molecule has 0 heterocycles. The predicted molar refractivity (Wildman–Crippen MR) is 47.8 cm³/mol. The zero-order valence-electron chi connectivity index (χ0n) is 7.54. The van der Waals surface area contributed by atoms with Crippen molar-refractivity contribution in [2.75, 3.05) is 0 Å². The second-order valence-electron chi connectivity index (χ2n) is 1.71. The first-order valence-corrected chi connectivity index (χ1v) is 3.83. The molecule has 0 aromatic carbocycles. The summed E-state index contributed by atoms with van der Waals surface area (Å²) in [7, 11) is 0. The van der Waals surface area contributed by atoms with Crippen LogP contribution in [0, 0.1) is 0 Å². The SMILES string of the molecule is C=C.CCC.CCCC. The lowest BCUT2D eigenvalue weighted by Gasteiger charge is -1.68. The number of hydrogen-bond donors (Lipinski definition) is 0. The van der Waals surface area contributed by atoms with Crippen molar-refractivity contribution >= 4 is 0 Å². The Morgan fingerprint density at radius 1 is 0.778 bits per heavy atom. The van der Waals surface area contributed by atoms with Gasteiger partial charge in [0.2, 0.25) is 0 Å². The van der Waals surface area contributed by atoms with Gasteiger partial charge < -0.3 is 0 Å². The first-order valence-electron chi connectivity index (χ1n) is 3.83. The average Bonchev–Trinajstić information content (AvgIpc) is 1.94. The molecule has 9 heavy (non-hydrogen) atoms. The molecule has 0 unspecified atom stereocenters. The number of hydrogen-bond acceptors (Lipinski definition) is 0. The molecular formula is C9H22. The van der Waals surface area contributed by atoms with Crippen molar-refractivity contribution in [3.05, 3.63) is 13.2 Å². The van der Waals surface area contributed by atoms with E-state index in [0.29, 0.717) is 0 Å². The highest BCUT2D eigenvalue weighted by atomic mass is 13.6. The highest BCUT2D eigenvalue weighted by Crippen LogP contribution is 1.76. The summed E-state index contributed by atoms with van der Waals surface area (Å²) >= 11 is 0. The van der Waals surface area contributed by atoms with Gasteiger partial charge in [0.15, 0.2) is 0 Å². The van der Waals surface area contributed by atoms with Crippen LogP contribution in [0.3, 0.4) is 0 Å². The Hall–Kier alpha value is -0.260. The fourth-order valence-corrected chi connectivity index (χ4v) is 0. The monoisotopic (exact) mass is 130 g/mol. The predicted octanol–water partition coefficient (Wildman–Crippen LogP) is 4.02. The van der Waals surface area contributed by atoms with E-state index in [2.05, 4.69) is 40.9 Å².